The van der Waals surface area contributed by atoms with Crippen molar-refractivity contribution in [1.82, 2.24) is 0 Å². The lowest BCUT2D eigenvalue weighted by Gasteiger charge is -2.27. The van der Waals surface area contributed by atoms with Crippen LogP contribution in [0.25, 0.3) is 0 Å². The largest absolute Gasteiger partial charge is 0.493 e. The minimum atomic E-state index is -0.625. The number of nitrogens with two attached hydrogens (primary N) is 1. The van der Waals surface area contributed by atoms with Crippen LogP contribution in [0, 0.1) is 31.0 Å². The molecule has 0 aromatic heterocycles. The summed E-state index contributed by atoms with van der Waals surface area (Å²) in [4.78, 5) is 12.6. The monoisotopic (exact) mass is 614 g/mol. The van der Waals surface area contributed by atoms with Crippen molar-refractivity contribution < 1.29 is 32.9 Å². The summed E-state index contributed by atoms with van der Waals surface area (Å²) in [7, 11) is 1.49. The minimum Gasteiger partial charge on any atom is -0.493 e. The van der Waals surface area contributed by atoms with E-state index >= 15 is 0 Å². The van der Waals surface area contributed by atoms with Gasteiger partial charge in [0.25, 0.3) is 0 Å². The number of hydrogen-bond acceptors (Lipinski definition) is 8. The Labute approximate surface area is 258 Å². The molecule has 4 aromatic rings. The molecule has 0 amide bonds. The van der Waals surface area contributed by atoms with E-state index in [1.54, 1.807) is 60.7 Å². The lowest BCUT2D eigenvalue weighted by molar-refractivity contribution is -0.136. The summed E-state index contributed by atoms with van der Waals surface area (Å²) in [5, 5.41) is 10.6. The van der Waals surface area contributed by atoms with Gasteiger partial charge in [-0.05, 0) is 66.9 Å². The van der Waals surface area contributed by atoms with Crippen LogP contribution in [0.4, 0.5) is 4.39 Å². The van der Waals surface area contributed by atoms with Crippen LogP contribution in [0.3, 0.4) is 0 Å². The third kappa shape index (κ3) is 6.41. The predicted octanol–water partition coefficient (Wildman–Crippen LogP) is 6.89. The van der Waals surface area contributed by atoms with Crippen molar-refractivity contribution in [2.75, 3.05) is 13.7 Å². The van der Waals surface area contributed by atoms with Crippen molar-refractivity contribution >= 4 is 17.6 Å². The van der Waals surface area contributed by atoms with Gasteiger partial charge in [-0.15, -0.1) is 0 Å². The molecule has 1 heterocycles. The molecule has 5 rings (SSSR count). The number of esters is 1. The molecular formula is C34H28ClFN2O6. The number of hydrogen-bond donors (Lipinski definition) is 1. The molecule has 8 nitrogen and oxygen atoms in total. The van der Waals surface area contributed by atoms with Crippen molar-refractivity contribution in [3.63, 3.8) is 0 Å². The Hall–Kier alpha value is -5.20. The molecule has 224 valence electrons. The molecule has 0 radical (unpaired) electrons. The third-order valence-electron chi connectivity index (χ3n) is 7.05. The standard InChI is InChI=1S/C34H28ClFN2O6/c1-19-12-24(13-20(2)33(19)35)41-18-31(39)43-23-9-10-25-29(15-23)44-34(38)26(16-37)32(25)21-8-11-28(30(14-21)40-3)42-17-22-6-4-5-7-27(22)36/h4-15,32H,17-18,38H2,1-3H3. The predicted molar refractivity (Wildman–Crippen MR) is 162 cm³/mol. The Morgan fingerprint density at radius 1 is 1.00 bits per heavy atom. The van der Waals surface area contributed by atoms with Crippen molar-refractivity contribution in [2.45, 2.75) is 26.4 Å². The molecular weight excluding hydrogens is 587 g/mol. The molecule has 1 aliphatic rings. The van der Waals surface area contributed by atoms with Gasteiger partial charge in [-0.2, -0.15) is 5.26 Å². The highest BCUT2D eigenvalue weighted by molar-refractivity contribution is 6.32. The Balaban J connectivity index is 1.35. The van der Waals surface area contributed by atoms with Gasteiger partial charge in [0.2, 0.25) is 5.88 Å². The molecule has 0 saturated carbocycles. The van der Waals surface area contributed by atoms with Crippen LogP contribution in [0.15, 0.2) is 84.3 Å². The van der Waals surface area contributed by atoms with E-state index in [0.717, 1.165) is 11.1 Å². The van der Waals surface area contributed by atoms with E-state index in [4.69, 9.17) is 41.0 Å². The number of nitriles is 1. The maximum atomic E-state index is 14.1. The van der Waals surface area contributed by atoms with Gasteiger partial charge in [0.15, 0.2) is 18.1 Å². The summed E-state index contributed by atoms with van der Waals surface area (Å²) in [6, 6.07) is 22.0. The molecule has 1 atom stereocenters. The maximum absolute atomic E-state index is 14.1. The molecule has 10 heteroatoms. The Morgan fingerprint density at radius 2 is 1.75 bits per heavy atom. The summed E-state index contributed by atoms with van der Waals surface area (Å²) >= 11 is 6.20. The lowest BCUT2D eigenvalue weighted by Crippen LogP contribution is -2.22. The first-order valence-electron chi connectivity index (χ1n) is 13.5. The second kappa shape index (κ2) is 13.0. The normalized spacial score (nSPS) is 13.8. The zero-order valence-electron chi connectivity index (χ0n) is 24.1. The van der Waals surface area contributed by atoms with Crippen LogP contribution in [-0.4, -0.2) is 19.7 Å². The molecule has 1 aliphatic heterocycles. The smallest absolute Gasteiger partial charge is 0.349 e. The number of benzene rings is 4. The molecule has 0 fully saturated rings. The molecule has 2 N–H and O–H groups in total. The number of halogens is 2. The quantitative estimate of drug-likeness (QED) is 0.160. The van der Waals surface area contributed by atoms with Gasteiger partial charge in [0, 0.05) is 22.2 Å². The van der Waals surface area contributed by atoms with E-state index < -0.39 is 11.9 Å². The Bertz CT molecular complexity index is 1790. The number of nitrogens with zero attached hydrogens (tertiary/aromatic N) is 1. The highest BCUT2D eigenvalue weighted by Gasteiger charge is 2.32. The van der Waals surface area contributed by atoms with E-state index in [-0.39, 0.29) is 36.2 Å². The fraction of sp³-hybridized carbons (Fsp3) is 0.176. The van der Waals surface area contributed by atoms with Gasteiger partial charge < -0.3 is 29.4 Å². The van der Waals surface area contributed by atoms with Gasteiger partial charge in [-0.3, -0.25) is 0 Å². The van der Waals surface area contributed by atoms with Crippen molar-refractivity contribution in [2.24, 2.45) is 5.73 Å². The van der Waals surface area contributed by atoms with Gasteiger partial charge in [0.1, 0.15) is 41.3 Å². The third-order valence-corrected chi connectivity index (χ3v) is 7.65. The van der Waals surface area contributed by atoms with Crippen molar-refractivity contribution in [1.29, 1.82) is 5.26 Å². The maximum Gasteiger partial charge on any atom is 0.349 e. The van der Waals surface area contributed by atoms with Crippen LogP contribution in [0.2, 0.25) is 5.02 Å². The van der Waals surface area contributed by atoms with Gasteiger partial charge >= 0.3 is 5.97 Å². The van der Waals surface area contributed by atoms with Crippen molar-refractivity contribution in [3.05, 3.63) is 123 Å². The average molecular weight is 615 g/mol. The van der Waals surface area contributed by atoms with E-state index in [1.165, 1.54) is 19.2 Å². The summed E-state index contributed by atoms with van der Waals surface area (Å²) in [6.45, 7) is 3.38. The van der Waals surface area contributed by atoms with Crippen molar-refractivity contribution in [3.8, 4) is 34.8 Å². The van der Waals surface area contributed by atoms with E-state index in [2.05, 4.69) is 6.07 Å². The van der Waals surface area contributed by atoms with Crippen LogP contribution < -0.4 is 29.4 Å². The highest BCUT2D eigenvalue weighted by atomic mass is 35.5. The summed E-state index contributed by atoms with van der Waals surface area (Å²) in [5.74, 6) is 0.133. The number of carbonyl (C=O) groups excluding carboxylic acids is 1. The number of allylic oxidation sites excluding steroid dienone is 1. The van der Waals surface area contributed by atoms with E-state index in [0.29, 0.717) is 44.7 Å². The van der Waals surface area contributed by atoms with E-state index in [9.17, 15) is 14.4 Å². The van der Waals surface area contributed by atoms with Gasteiger partial charge in [0.05, 0.1) is 13.0 Å². The summed E-state index contributed by atoms with van der Waals surface area (Å²) in [5.41, 5.74) is 9.74. The van der Waals surface area contributed by atoms with Crippen LogP contribution in [0.5, 0.6) is 28.7 Å². The number of rotatable bonds is 9. The zero-order chi connectivity index (χ0) is 31.4. The first-order valence-corrected chi connectivity index (χ1v) is 13.9. The first-order chi connectivity index (χ1) is 21.2. The Morgan fingerprint density at radius 3 is 2.45 bits per heavy atom. The fourth-order valence-electron chi connectivity index (χ4n) is 4.89. The van der Waals surface area contributed by atoms with Crippen LogP contribution >= 0.6 is 11.6 Å². The number of ether oxygens (including phenoxy) is 5. The van der Waals surface area contributed by atoms with Crippen LogP contribution in [-0.2, 0) is 11.4 Å². The SMILES string of the molecule is COc1cc(C2C(C#N)=C(N)Oc3cc(OC(=O)COc4cc(C)c(Cl)c(C)c4)ccc32)ccc1OCc1ccccc1F. The zero-order valence-corrected chi connectivity index (χ0v) is 24.9. The summed E-state index contributed by atoms with van der Waals surface area (Å²) < 4.78 is 42.3. The molecule has 0 aliphatic carbocycles. The fourth-order valence-corrected chi connectivity index (χ4v) is 5.00. The molecule has 0 saturated heterocycles. The van der Waals surface area contributed by atoms with Gasteiger partial charge in [-0.25, -0.2) is 9.18 Å². The second-order valence-electron chi connectivity index (χ2n) is 10.0. The molecule has 0 bridgehead atoms. The first kappa shape index (κ1) is 30.3. The van der Waals surface area contributed by atoms with Gasteiger partial charge in [-0.1, -0.05) is 41.9 Å². The number of carbonyl (C=O) groups is 1. The number of aryl methyl sites for hydroxylation is 2. The molecule has 4 aromatic carbocycles. The molecule has 1 unspecified atom stereocenters. The highest BCUT2D eigenvalue weighted by Crippen LogP contribution is 2.45. The topological polar surface area (TPSA) is 113 Å². The lowest BCUT2D eigenvalue weighted by atomic mass is 9.83. The number of methoxy groups -OCH3 is 1. The molecule has 44 heavy (non-hydrogen) atoms. The average Bonchev–Trinajstić information content (AvgIpc) is 3.01. The van der Waals surface area contributed by atoms with E-state index in [1.807, 2.05) is 13.8 Å². The number of fused-ring (bicyclic) bond motifs is 1. The Kier molecular flexibility index (Phi) is 8.93. The minimum absolute atomic E-state index is 0.00426. The second-order valence-corrected chi connectivity index (χ2v) is 10.4. The van der Waals surface area contributed by atoms with Crippen LogP contribution in [0.1, 0.15) is 33.7 Å². The summed E-state index contributed by atoms with van der Waals surface area (Å²) in [6.07, 6.45) is 0. The molecule has 0 spiro atoms.